The summed E-state index contributed by atoms with van der Waals surface area (Å²) in [4.78, 5) is 12.9. The molecule has 0 saturated carbocycles. The third-order valence-electron chi connectivity index (χ3n) is 5.14. The minimum Gasteiger partial charge on any atom is -0.274 e. The lowest BCUT2D eigenvalue weighted by molar-refractivity contribution is 0.647. The highest BCUT2D eigenvalue weighted by Gasteiger charge is 2.14. The SMILES string of the molecule is C#CCCc1nn(CC=CC)c(=O)n1Cc1ccc(-c2ccccc2-c2nnn[nH]2)cc1. The standard InChI is InChI=1S/C24H23N7O/c1-3-5-11-22-27-31(16-6-4-2)24(32)30(22)17-18-12-14-19(15-13-18)20-9-7-8-10-21(20)23-25-28-29-26-23/h1,4,6-10,12-15H,5,11,16-17H2,2H3,(H,25,26,28,29). The number of hydrogen-bond acceptors (Lipinski definition) is 5. The van der Waals surface area contributed by atoms with Gasteiger partial charge in [-0.2, -0.15) is 5.10 Å². The van der Waals surface area contributed by atoms with Crippen LogP contribution in [0.15, 0.2) is 65.5 Å². The van der Waals surface area contributed by atoms with Crippen molar-refractivity contribution in [1.29, 1.82) is 0 Å². The van der Waals surface area contributed by atoms with Gasteiger partial charge in [-0.25, -0.2) is 14.6 Å². The van der Waals surface area contributed by atoms with Gasteiger partial charge in [0.15, 0.2) is 5.82 Å². The predicted molar refractivity (Wildman–Crippen MR) is 123 cm³/mol. The number of hydrogen-bond donors (Lipinski definition) is 1. The molecule has 0 atom stereocenters. The van der Waals surface area contributed by atoms with E-state index in [9.17, 15) is 4.79 Å². The van der Waals surface area contributed by atoms with Crippen LogP contribution in [0.4, 0.5) is 0 Å². The summed E-state index contributed by atoms with van der Waals surface area (Å²) in [6.45, 7) is 2.79. The predicted octanol–water partition coefficient (Wildman–Crippen LogP) is 3.08. The summed E-state index contributed by atoms with van der Waals surface area (Å²) in [5.41, 5.74) is 3.83. The fourth-order valence-corrected chi connectivity index (χ4v) is 3.52. The van der Waals surface area contributed by atoms with E-state index >= 15 is 0 Å². The summed E-state index contributed by atoms with van der Waals surface area (Å²) < 4.78 is 3.17. The monoisotopic (exact) mass is 425 g/mol. The van der Waals surface area contributed by atoms with Gasteiger partial charge in [0.25, 0.3) is 0 Å². The lowest BCUT2D eigenvalue weighted by atomic mass is 9.98. The van der Waals surface area contributed by atoms with Gasteiger partial charge in [0, 0.05) is 18.4 Å². The Morgan fingerprint density at radius 3 is 2.59 bits per heavy atom. The number of terminal acetylenes is 1. The van der Waals surface area contributed by atoms with Gasteiger partial charge in [-0.1, -0.05) is 60.7 Å². The Hall–Kier alpha value is -4.25. The second-order valence-corrected chi connectivity index (χ2v) is 7.23. The molecule has 8 nitrogen and oxygen atoms in total. The zero-order valence-corrected chi connectivity index (χ0v) is 17.8. The van der Waals surface area contributed by atoms with Crippen molar-refractivity contribution in [3.63, 3.8) is 0 Å². The summed E-state index contributed by atoms with van der Waals surface area (Å²) in [5, 5.41) is 18.7. The molecule has 0 bridgehead atoms. The normalized spacial score (nSPS) is 11.1. The van der Waals surface area contributed by atoms with Crippen molar-refractivity contribution >= 4 is 0 Å². The topological polar surface area (TPSA) is 94.3 Å². The Morgan fingerprint density at radius 1 is 1.12 bits per heavy atom. The number of H-pyrrole nitrogens is 1. The molecule has 160 valence electrons. The smallest absolute Gasteiger partial charge is 0.274 e. The Balaban J connectivity index is 1.62. The number of aromatic nitrogens is 7. The van der Waals surface area contributed by atoms with Crippen LogP contribution in [-0.2, 0) is 19.5 Å². The van der Waals surface area contributed by atoms with Crippen LogP contribution in [0.5, 0.6) is 0 Å². The number of nitrogens with one attached hydrogen (secondary N) is 1. The first-order chi connectivity index (χ1) is 15.7. The summed E-state index contributed by atoms with van der Waals surface area (Å²) in [6.07, 6.45) is 10.3. The Morgan fingerprint density at radius 2 is 1.91 bits per heavy atom. The molecule has 4 rings (SSSR count). The molecular weight excluding hydrogens is 402 g/mol. The van der Waals surface area contributed by atoms with Crippen LogP contribution >= 0.6 is 0 Å². The van der Waals surface area contributed by atoms with Gasteiger partial charge < -0.3 is 0 Å². The average Bonchev–Trinajstić information content (AvgIpc) is 3.46. The van der Waals surface area contributed by atoms with Crippen LogP contribution in [0, 0.1) is 12.3 Å². The van der Waals surface area contributed by atoms with E-state index in [0.717, 1.165) is 22.3 Å². The maximum absolute atomic E-state index is 12.9. The molecular formula is C24H23N7O. The minimum atomic E-state index is -0.137. The van der Waals surface area contributed by atoms with E-state index in [2.05, 4.69) is 31.6 Å². The first kappa shape index (κ1) is 21.0. The summed E-state index contributed by atoms with van der Waals surface area (Å²) in [5.74, 6) is 3.94. The van der Waals surface area contributed by atoms with Gasteiger partial charge in [0.05, 0.1) is 13.1 Å². The van der Waals surface area contributed by atoms with Crippen molar-refractivity contribution in [3.05, 3.63) is 82.6 Å². The minimum absolute atomic E-state index is 0.137. The largest absolute Gasteiger partial charge is 0.346 e. The van der Waals surface area contributed by atoms with E-state index in [1.165, 1.54) is 4.68 Å². The van der Waals surface area contributed by atoms with Gasteiger partial charge in [-0.15, -0.1) is 17.4 Å². The molecule has 0 unspecified atom stereocenters. The number of tetrazole rings is 1. The first-order valence-electron chi connectivity index (χ1n) is 10.3. The van der Waals surface area contributed by atoms with Crippen LogP contribution < -0.4 is 5.69 Å². The molecule has 0 fully saturated rings. The Labute approximate surface area is 185 Å². The maximum atomic E-state index is 12.9. The second-order valence-electron chi connectivity index (χ2n) is 7.23. The molecule has 4 aromatic rings. The molecule has 0 aliphatic carbocycles. The lowest BCUT2D eigenvalue weighted by Crippen LogP contribution is -2.25. The number of allylic oxidation sites excluding steroid dienone is 2. The van der Waals surface area contributed by atoms with Crippen molar-refractivity contribution < 1.29 is 0 Å². The fourth-order valence-electron chi connectivity index (χ4n) is 3.52. The van der Waals surface area contributed by atoms with E-state index in [-0.39, 0.29) is 5.69 Å². The van der Waals surface area contributed by atoms with Gasteiger partial charge in [-0.3, -0.25) is 4.57 Å². The molecule has 0 saturated heterocycles. The number of rotatable bonds is 8. The highest BCUT2D eigenvalue weighted by Crippen LogP contribution is 2.29. The summed E-state index contributed by atoms with van der Waals surface area (Å²) in [6, 6.07) is 16.0. The van der Waals surface area contributed by atoms with E-state index in [1.807, 2.05) is 67.6 Å². The van der Waals surface area contributed by atoms with Crippen molar-refractivity contribution in [2.75, 3.05) is 0 Å². The molecule has 0 amide bonds. The van der Waals surface area contributed by atoms with Gasteiger partial charge in [0.1, 0.15) is 5.82 Å². The van der Waals surface area contributed by atoms with E-state index in [1.54, 1.807) is 4.57 Å². The molecule has 2 heterocycles. The van der Waals surface area contributed by atoms with Gasteiger partial charge in [0.2, 0.25) is 0 Å². The lowest BCUT2D eigenvalue weighted by Gasteiger charge is -2.09. The summed E-state index contributed by atoms with van der Waals surface area (Å²) >= 11 is 0. The highest BCUT2D eigenvalue weighted by molar-refractivity contribution is 5.80. The van der Waals surface area contributed by atoms with Crippen molar-refractivity contribution in [2.45, 2.75) is 32.9 Å². The third-order valence-corrected chi connectivity index (χ3v) is 5.14. The fraction of sp³-hybridized carbons (Fsp3) is 0.208. The van der Waals surface area contributed by atoms with Crippen LogP contribution in [-0.4, -0.2) is 35.0 Å². The van der Waals surface area contributed by atoms with Gasteiger partial charge >= 0.3 is 5.69 Å². The molecule has 2 aromatic heterocycles. The van der Waals surface area contributed by atoms with E-state index < -0.39 is 0 Å². The van der Waals surface area contributed by atoms with Crippen molar-refractivity contribution in [1.82, 2.24) is 35.0 Å². The van der Waals surface area contributed by atoms with Crippen LogP contribution in [0.2, 0.25) is 0 Å². The zero-order valence-electron chi connectivity index (χ0n) is 17.8. The summed E-state index contributed by atoms with van der Waals surface area (Å²) in [7, 11) is 0. The number of benzene rings is 2. The molecule has 32 heavy (non-hydrogen) atoms. The second kappa shape index (κ2) is 9.71. The zero-order chi connectivity index (χ0) is 22.3. The molecule has 0 radical (unpaired) electrons. The Bertz CT molecular complexity index is 1310. The first-order valence-corrected chi connectivity index (χ1v) is 10.3. The van der Waals surface area contributed by atoms with Crippen molar-refractivity contribution in [3.8, 4) is 34.9 Å². The molecule has 8 heteroatoms. The molecule has 0 aliphatic heterocycles. The maximum Gasteiger partial charge on any atom is 0.346 e. The quantitative estimate of drug-likeness (QED) is 0.346. The number of nitrogens with zero attached hydrogens (tertiary/aromatic N) is 6. The highest BCUT2D eigenvalue weighted by atomic mass is 16.2. The van der Waals surface area contributed by atoms with Crippen LogP contribution in [0.1, 0.15) is 24.7 Å². The molecule has 1 N–H and O–H groups in total. The van der Waals surface area contributed by atoms with Crippen molar-refractivity contribution in [2.24, 2.45) is 0 Å². The average molecular weight is 425 g/mol. The number of aromatic amines is 1. The number of aryl methyl sites for hydroxylation is 1. The molecule has 0 spiro atoms. The molecule has 0 aliphatic rings. The third kappa shape index (κ3) is 4.42. The Kier molecular flexibility index (Phi) is 6.37. The molecule has 2 aromatic carbocycles. The van der Waals surface area contributed by atoms with Gasteiger partial charge in [-0.05, 0) is 34.0 Å². The van der Waals surface area contributed by atoms with Crippen LogP contribution in [0.3, 0.4) is 0 Å². The van der Waals surface area contributed by atoms with E-state index in [4.69, 9.17) is 6.42 Å². The van der Waals surface area contributed by atoms with Crippen LogP contribution in [0.25, 0.3) is 22.5 Å². The van der Waals surface area contributed by atoms with E-state index in [0.29, 0.717) is 37.6 Å².